The Morgan fingerprint density at radius 3 is 3.00 bits per heavy atom. The van der Waals surface area contributed by atoms with E-state index in [4.69, 9.17) is 10.5 Å². The maximum Gasteiger partial charge on any atom is 0.119 e. The van der Waals surface area contributed by atoms with Gasteiger partial charge >= 0.3 is 0 Å². The van der Waals surface area contributed by atoms with Crippen LogP contribution < -0.4 is 10.5 Å². The van der Waals surface area contributed by atoms with E-state index in [0.717, 1.165) is 37.4 Å². The van der Waals surface area contributed by atoms with E-state index in [0.29, 0.717) is 25.0 Å². The SMILES string of the molecule is NCc1cccc(OCCN2CC3CCC(O)C3C2)c1. The van der Waals surface area contributed by atoms with Crippen LogP contribution in [0.5, 0.6) is 5.75 Å². The highest BCUT2D eigenvalue weighted by Gasteiger charge is 2.41. The van der Waals surface area contributed by atoms with Crippen molar-refractivity contribution in [1.29, 1.82) is 0 Å². The van der Waals surface area contributed by atoms with Gasteiger partial charge in [-0.05, 0) is 36.5 Å². The van der Waals surface area contributed by atoms with Crippen molar-refractivity contribution >= 4 is 0 Å². The Morgan fingerprint density at radius 1 is 1.30 bits per heavy atom. The fourth-order valence-electron chi connectivity index (χ4n) is 3.57. The van der Waals surface area contributed by atoms with Gasteiger partial charge in [-0.1, -0.05) is 12.1 Å². The molecule has 3 N–H and O–H groups in total. The lowest BCUT2D eigenvalue weighted by atomic mass is 10.00. The number of hydrogen-bond donors (Lipinski definition) is 2. The Morgan fingerprint density at radius 2 is 2.20 bits per heavy atom. The van der Waals surface area contributed by atoms with E-state index >= 15 is 0 Å². The summed E-state index contributed by atoms with van der Waals surface area (Å²) in [5.74, 6) is 2.09. The number of ether oxygens (including phenoxy) is 1. The third kappa shape index (κ3) is 2.97. The molecular weight excluding hydrogens is 252 g/mol. The van der Waals surface area contributed by atoms with Crippen molar-refractivity contribution in [2.75, 3.05) is 26.2 Å². The number of nitrogens with two attached hydrogens (primary N) is 1. The second-order valence-corrected chi connectivity index (χ2v) is 6.03. The second kappa shape index (κ2) is 6.12. The van der Waals surface area contributed by atoms with E-state index in [1.807, 2.05) is 24.3 Å². The monoisotopic (exact) mass is 276 g/mol. The van der Waals surface area contributed by atoms with Crippen LogP contribution in [-0.4, -0.2) is 42.4 Å². The lowest BCUT2D eigenvalue weighted by molar-refractivity contribution is 0.122. The number of rotatable bonds is 5. The fourth-order valence-corrected chi connectivity index (χ4v) is 3.57. The summed E-state index contributed by atoms with van der Waals surface area (Å²) in [6.07, 6.45) is 2.10. The lowest BCUT2D eigenvalue weighted by Gasteiger charge is -2.18. The molecule has 4 heteroatoms. The first-order valence-corrected chi connectivity index (χ1v) is 7.58. The number of hydrogen-bond acceptors (Lipinski definition) is 4. The standard InChI is InChI=1S/C16H24N2O2/c17-9-12-2-1-3-14(8-12)20-7-6-18-10-13-4-5-16(19)15(13)11-18/h1-3,8,13,15-16,19H,4-7,9-11,17H2. The first kappa shape index (κ1) is 13.9. The van der Waals surface area contributed by atoms with Crippen LogP contribution in [0, 0.1) is 11.8 Å². The van der Waals surface area contributed by atoms with Crippen LogP contribution >= 0.6 is 0 Å². The predicted molar refractivity (Wildman–Crippen MR) is 78.5 cm³/mol. The molecule has 1 aliphatic heterocycles. The highest BCUT2D eigenvalue weighted by molar-refractivity contribution is 5.28. The van der Waals surface area contributed by atoms with Gasteiger partial charge in [-0.3, -0.25) is 4.90 Å². The predicted octanol–water partition coefficient (Wildman–Crippen LogP) is 1.23. The van der Waals surface area contributed by atoms with Crippen molar-refractivity contribution in [3.63, 3.8) is 0 Å². The van der Waals surface area contributed by atoms with E-state index in [-0.39, 0.29) is 6.10 Å². The van der Waals surface area contributed by atoms with Crippen molar-refractivity contribution in [2.45, 2.75) is 25.5 Å². The Bertz CT molecular complexity index is 452. The van der Waals surface area contributed by atoms with Crippen LogP contribution in [-0.2, 0) is 6.54 Å². The zero-order valence-corrected chi connectivity index (χ0v) is 11.9. The molecule has 110 valence electrons. The summed E-state index contributed by atoms with van der Waals surface area (Å²) in [5, 5.41) is 9.91. The molecule has 1 saturated carbocycles. The van der Waals surface area contributed by atoms with Gasteiger partial charge in [0.2, 0.25) is 0 Å². The number of benzene rings is 1. The molecule has 0 bridgehead atoms. The molecule has 3 rings (SSSR count). The smallest absolute Gasteiger partial charge is 0.119 e. The van der Waals surface area contributed by atoms with Crippen molar-refractivity contribution in [1.82, 2.24) is 4.90 Å². The largest absolute Gasteiger partial charge is 0.492 e. The van der Waals surface area contributed by atoms with E-state index in [1.54, 1.807) is 0 Å². The van der Waals surface area contributed by atoms with Crippen molar-refractivity contribution < 1.29 is 9.84 Å². The Kier molecular flexibility index (Phi) is 4.24. The topological polar surface area (TPSA) is 58.7 Å². The molecule has 0 aromatic heterocycles. The minimum absolute atomic E-state index is 0.0767. The van der Waals surface area contributed by atoms with Gasteiger partial charge in [0.25, 0.3) is 0 Å². The molecule has 1 heterocycles. The van der Waals surface area contributed by atoms with Crippen LogP contribution in [0.3, 0.4) is 0 Å². The highest BCUT2D eigenvalue weighted by atomic mass is 16.5. The minimum Gasteiger partial charge on any atom is -0.492 e. The highest BCUT2D eigenvalue weighted by Crippen LogP contribution is 2.37. The molecule has 3 atom stereocenters. The van der Waals surface area contributed by atoms with Gasteiger partial charge in [0, 0.05) is 32.1 Å². The molecule has 20 heavy (non-hydrogen) atoms. The molecule has 2 aliphatic rings. The Hall–Kier alpha value is -1.10. The van der Waals surface area contributed by atoms with Gasteiger partial charge in [-0.15, -0.1) is 0 Å². The van der Waals surface area contributed by atoms with E-state index in [1.165, 1.54) is 6.42 Å². The van der Waals surface area contributed by atoms with Crippen molar-refractivity contribution in [2.24, 2.45) is 17.6 Å². The molecular formula is C16H24N2O2. The van der Waals surface area contributed by atoms with E-state index in [9.17, 15) is 5.11 Å². The van der Waals surface area contributed by atoms with Gasteiger partial charge in [-0.25, -0.2) is 0 Å². The molecule has 1 saturated heterocycles. The first-order chi connectivity index (χ1) is 9.76. The molecule has 1 aromatic rings. The summed E-state index contributed by atoms with van der Waals surface area (Å²) in [6, 6.07) is 7.97. The maximum absolute atomic E-state index is 9.91. The summed E-state index contributed by atoms with van der Waals surface area (Å²) < 4.78 is 5.80. The van der Waals surface area contributed by atoms with Crippen LogP contribution in [0.4, 0.5) is 0 Å². The molecule has 3 unspecified atom stereocenters. The maximum atomic E-state index is 9.91. The third-order valence-electron chi connectivity index (χ3n) is 4.71. The molecule has 4 nitrogen and oxygen atoms in total. The van der Waals surface area contributed by atoms with Gasteiger partial charge in [-0.2, -0.15) is 0 Å². The quantitative estimate of drug-likeness (QED) is 0.849. The number of likely N-dealkylation sites (tertiary alicyclic amines) is 1. The first-order valence-electron chi connectivity index (χ1n) is 7.58. The fraction of sp³-hybridized carbons (Fsp3) is 0.625. The van der Waals surface area contributed by atoms with Crippen LogP contribution in [0.25, 0.3) is 0 Å². The molecule has 0 spiro atoms. The summed E-state index contributed by atoms with van der Waals surface area (Å²) in [6.45, 7) is 4.33. The van der Waals surface area contributed by atoms with Crippen molar-refractivity contribution in [3.8, 4) is 5.75 Å². The number of aliphatic hydroxyl groups excluding tert-OH is 1. The van der Waals surface area contributed by atoms with E-state index < -0.39 is 0 Å². The van der Waals surface area contributed by atoms with Gasteiger partial charge in [0.05, 0.1) is 6.10 Å². The molecule has 0 amide bonds. The number of fused-ring (bicyclic) bond motifs is 1. The Labute approximate surface area is 120 Å². The zero-order chi connectivity index (χ0) is 13.9. The van der Waals surface area contributed by atoms with Gasteiger partial charge in [0.15, 0.2) is 0 Å². The molecule has 1 aromatic carbocycles. The normalized spacial score (nSPS) is 29.6. The van der Waals surface area contributed by atoms with Gasteiger partial charge < -0.3 is 15.6 Å². The summed E-state index contributed by atoms with van der Waals surface area (Å²) in [5.41, 5.74) is 6.72. The summed E-state index contributed by atoms with van der Waals surface area (Å²) in [7, 11) is 0. The average molecular weight is 276 g/mol. The van der Waals surface area contributed by atoms with Gasteiger partial charge in [0.1, 0.15) is 12.4 Å². The third-order valence-corrected chi connectivity index (χ3v) is 4.71. The molecule has 1 aliphatic carbocycles. The average Bonchev–Trinajstić information content (AvgIpc) is 3.02. The number of nitrogens with zero attached hydrogens (tertiary/aromatic N) is 1. The molecule has 2 fully saturated rings. The summed E-state index contributed by atoms with van der Waals surface area (Å²) in [4.78, 5) is 2.42. The zero-order valence-electron chi connectivity index (χ0n) is 11.9. The van der Waals surface area contributed by atoms with Crippen molar-refractivity contribution in [3.05, 3.63) is 29.8 Å². The minimum atomic E-state index is -0.0767. The summed E-state index contributed by atoms with van der Waals surface area (Å²) >= 11 is 0. The van der Waals surface area contributed by atoms with Crippen LogP contribution in [0.1, 0.15) is 18.4 Å². The van der Waals surface area contributed by atoms with Crippen LogP contribution in [0.15, 0.2) is 24.3 Å². The number of aliphatic hydroxyl groups is 1. The Balaban J connectivity index is 1.44. The lowest BCUT2D eigenvalue weighted by Crippen LogP contribution is -2.28. The molecule has 0 radical (unpaired) electrons. The van der Waals surface area contributed by atoms with E-state index in [2.05, 4.69) is 4.90 Å². The van der Waals surface area contributed by atoms with Crippen LogP contribution in [0.2, 0.25) is 0 Å². The second-order valence-electron chi connectivity index (χ2n) is 6.03.